The zero-order chi connectivity index (χ0) is 12.3. The number of carbonyl (C=O) groups is 1. The Bertz CT molecular complexity index is 363. The SMILES string of the molecule is CC(C)C(C)[C@@H](Cc1[nH]cnc1S)C(=O)O. The van der Waals surface area contributed by atoms with E-state index in [2.05, 4.69) is 22.6 Å². The molecule has 0 fully saturated rings. The highest BCUT2D eigenvalue weighted by molar-refractivity contribution is 7.80. The van der Waals surface area contributed by atoms with Crippen LogP contribution in [0.3, 0.4) is 0 Å². The van der Waals surface area contributed by atoms with E-state index in [1.165, 1.54) is 6.33 Å². The number of aliphatic carboxylic acids is 1. The van der Waals surface area contributed by atoms with Crippen molar-refractivity contribution in [2.75, 3.05) is 0 Å². The fourth-order valence-electron chi connectivity index (χ4n) is 1.65. The standard InChI is InChI=1S/C11H18N2O2S/c1-6(2)7(3)8(11(14)15)4-9-10(16)13-5-12-9/h5-8,16H,4H2,1-3H3,(H,12,13)(H,14,15)/t7?,8-/m1/s1. The summed E-state index contributed by atoms with van der Waals surface area (Å²) in [5.41, 5.74) is 0.795. The molecule has 2 atom stereocenters. The van der Waals surface area contributed by atoms with Crippen LogP contribution in [0.4, 0.5) is 0 Å². The van der Waals surface area contributed by atoms with E-state index in [0.29, 0.717) is 17.4 Å². The molecule has 0 aliphatic carbocycles. The van der Waals surface area contributed by atoms with Gasteiger partial charge in [-0.2, -0.15) is 0 Å². The van der Waals surface area contributed by atoms with Crippen LogP contribution in [-0.2, 0) is 11.2 Å². The quantitative estimate of drug-likeness (QED) is 0.694. The van der Waals surface area contributed by atoms with Gasteiger partial charge in [-0.1, -0.05) is 20.8 Å². The van der Waals surface area contributed by atoms with Crippen LogP contribution in [0.15, 0.2) is 11.4 Å². The number of H-pyrrole nitrogens is 1. The first-order valence-corrected chi connectivity index (χ1v) is 5.82. The zero-order valence-electron chi connectivity index (χ0n) is 9.77. The number of nitrogens with zero attached hydrogens (tertiary/aromatic N) is 1. The first-order chi connectivity index (χ1) is 7.43. The summed E-state index contributed by atoms with van der Waals surface area (Å²) in [5, 5.41) is 9.81. The van der Waals surface area contributed by atoms with Crippen molar-refractivity contribution < 1.29 is 9.90 Å². The summed E-state index contributed by atoms with van der Waals surface area (Å²) in [7, 11) is 0. The van der Waals surface area contributed by atoms with E-state index in [-0.39, 0.29) is 5.92 Å². The summed E-state index contributed by atoms with van der Waals surface area (Å²) in [4.78, 5) is 18.1. The number of hydrogen-bond acceptors (Lipinski definition) is 3. The Morgan fingerprint density at radius 2 is 2.19 bits per heavy atom. The molecule has 0 aliphatic rings. The first-order valence-electron chi connectivity index (χ1n) is 5.37. The summed E-state index contributed by atoms with van der Waals surface area (Å²) >= 11 is 4.18. The number of imidazole rings is 1. The number of aromatic nitrogens is 2. The number of nitrogens with one attached hydrogen (secondary N) is 1. The molecule has 1 aromatic rings. The van der Waals surface area contributed by atoms with Gasteiger partial charge in [0.15, 0.2) is 0 Å². The summed E-state index contributed by atoms with van der Waals surface area (Å²) in [6.07, 6.45) is 1.99. The Labute approximate surface area is 101 Å². The van der Waals surface area contributed by atoms with Crippen LogP contribution in [0, 0.1) is 17.8 Å². The molecule has 1 aromatic heterocycles. The van der Waals surface area contributed by atoms with Crippen LogP contribution in [-0.4, -0.2) is 21.0 Å². The Morgan fingerprint density at radius 3 is 2.56 bits per heavy atom. The lowest BCUT2D eigenvalue weighted by Gasteiger charge is -2.23. The highest BCUT2D eigenvalue weighted by atomic mass is 32.1. The molecule has 0 spiro atoms. The molecular formula is C11H18N2O2S. The van der Waals surface area contributed by atoms with Crippen molar-refractivity contribution in [3.8, 4) is 0 Å². The lowest BCUT2D eigenvalue weighted by Crippen LogP contribution is -2.27. The van der Waals surface area contributed by atoms with E-state index in [1.807, 2.05) is 20.8 Å². The van der Waals surface area contributed by atoms with Crippen molar-refractivity contribution in [3.05, 3.63) is 12.0 Å². The van der Waals surface area contributed by atoms with Crippen molar-refractivity contribution in [1.29, 1.82) is 0 Å². The van der Waals surface area contributed by atoms with Crippen molar-refractivity contribution in [3.63, 3.8) is 0 Å². The maximum Gasteiger partial charge on any atom is 0.307 e. The second kappa shape index (κ2) is 5.39. The van der Waals surface area contributed by atoms with Gasteiger partial charge in [0.1, 0.15) is 5.03 Å². The molecule has 0 radical (unpaired) electrons. The summed E-state index contributed by atoms with van der Waals surface area (Å²) < 4.78 is 0. The minimum absolute atomic E-state index is 0.119. The highest BCUT2D eigenvalue weighted by Gasteiger charge is 2.28. The third-order valence-electron chi connectivity index (χ3n) is 3.12. The monoisotopic (exact) mass is 242 g/mol. The second-order valence-corrected chi connectivity index (χ2v) is 4.88. The molecular weight excluding hydrogens is 224 g/mol. The van der Waals surface area contributed by atoms with Gasteiger partial charge < -0.3 is 10.1 Å². The fourth-order valence-corrected chi connectivity index (χ4v) is 1.86. The number of thiol groups is 1. The number of rotatable bonds is 5. The smallest absolute Gasteiger partial charge is 0.307 e. The van der Waals surface area contributed by atoms with E-state index < -0.39 is 11.9 Å². The van der Waals surface area contributed by atoms with Gasteiger partial charge in [0.25, 0.3) is 0 Å². The van der Waals surface area contributed by atoms with Crippen molar-refractivity contribution >= 4 is 18.6 Å². The minimum Gasteiger partial charge on any atom is -0.481 e. The number of carboxylic acids is 1. The Morgan fingerprint density at radius 1 is 1.56 bits per heavy atom. The summed E-state index contributed by atoms with van der Waals surface area (Å²) in [5.74, 6) is -0.698. The first kappa shape index (κ1) is 13.1. The molecule has 0 amide bonds. The van der Waals surface area contributed by atoms with E-state index >= 15 is 0 Å². The number of carboxylic acid groups (broad SMARTS) is 1. The van der Waals surface area contributed by atoms with Crippen LogP contribution in [0.1, 0.15) is 26.5 Å². The fraction of sp³-hybridized carbons (Fsp3) is 0.636. The Kier molecular flexibility index (Phi) is 4.41. The number of hydrogen-bond donors (Lipinski definition) is 3. The van der Waals surface area contributed by atoms with E-state index in [4.69, 9.17) is 0 Å². The molecule has 0 aromatic carbocycles. The van der Waals surface area contributed by atoms with Crippen LogP contribution in [0.5, 0.6) is 0 Å². The molecule has 0 saturated carbocycles. The largest absolute Gasteiger partial charge is 0.481 e. The Balaban J connectivity index is 2.81. The van der Waals surface area contributed by atoms with Gasteiger partial charge in [0.05, 0.1) is 12.2 Å². The average Bonchev–Trinajstić information content (AvgIpc) is 2.59. The second-order valence-electron chi connectivity index (χ2n) is 4.46. The average molecular weight is 242 g/mol. The van der Waals surface area contributed by atoms with Crippen LogP contribution >= 0.6 is 12.6 Å². The van der Waals surface area contributed by atoms with Crippen molar-refractivity contribution in [2.24, 2.45) is 17.8 Å². The predicted octanol–water partition coefficient (Wildman–Crippen LogP) is 2.23. The molecule has 5 heteroatoms. The van der Waals surface area contributed by atoms with Crippen LogP contribution < -0.4 is 0 Å². The minimum atomic E-state index is -0.761. The molecule has 2 N–H and O–H groups in total. The maximum absolute atomic E-state index is 11.2. The molecule has 1 rings (SSSR count). The summed E-state index contributed by atoms with van der Waals surface area (Å²) in [6, 6.07) is 0. The van der Waals surface area contributed by atoms with Crippen molar-refractivity contribution in [2.45, 2.75) is 32.2 Å². The predicted molar refractivity (Wildman–Crippen MR) is 64.7 cm³/mol. The topological polar surface area (TPSA) is 66.0 Å². The molecule has 0 bridgehead atoms. The van der Waals surface area contributed by atoms with Crippen molar-refractivity contribution in [1.82, 2.24) is 9.97 Å². The lowest BCUT2D eigenvalue weighted by molar-refractivity contribution is -0.144. The third-order valence-corrected chi connectivity index (χ3v) is 3.51. The molecule has 1 heterocycles. The molecule has 4 nitrogen and oxygen atoms in total. The van der Waals surface area contributed by atoms with E-state index in [1.54, 1.807) is 0 Å². The maximum atomic E-state index is 11.2. The van der Waals surface area contributed by atoms with E-state index in [0.717, 1.165) is 5.69 Å². The normalized spacial score (nSPS) is 15.1. The summed E-state index contributed by atoms with van der Waals surface area (Å²) in [6.45, 7) is 6.04. The van der Waals surface area contributed by atoms with Gasteiger partial charge in [-0.05, 0) is 11.8 Å². The zero-order valence-corrected chi connectivity index (χ0v) is 10.7. The molecule has 16 heavy (non-hydrogen) atoms. The highest BCUT2D eigenvalue weighted by Crippen LogP contribution is 2.25. The van der Waals surface area contributed by atoms with Gasteiger partial charge in [0.2, 0.25) is 0 Å². The molecule has 1 unspecified atom stereocenters. The van der Waals surface area contributed by atoms with Gasteiger partial charge in [-0.3, -0.25) is 4.79 Å². The lowest BCUT2D eigenvalue weighted by atomic mass is 9.82. The molecule has 90 valence electrons. The third kappa shape index (κ3) is 3.01. The van der Waals surface area contributed by atoms with Crippen LogP contribution in [0.2, 0.25) is 0 Å². The van der Waals surface area contributed by atoms with Gasteiger partial charge in [-0.15, -0.1) is 12.6 Å². The van der Waals surface area contributed by atoms with Gasteiger partial charge in [-0.25, -0.2) is 4.98 Å². The molecule has 0 aliphatic heterocycles. The molecule has 0 saturated heterocycles. The Hall–Kier alpha value is -0.970. The number of aromatic amines is 1. The van der Waals surface area contributed by atoms with Gasteiger partial charge in [0, 0.05) is 12.1 Å². The van der Waals surface area contributed by atoms with Crippen LogP contribution in [0.25, 0.3) is 0 Å². The van der Waals surface area contributed by atoms with E-state index in [9.17, 15) is 9.90 Å². The van der Waals surface area contributed by atoms with Gasteiger partial charge >= 0.3 is 5.97 Å².